The third-order valence-electron chi connectivity index (χ3n) is 4.81. The van der Waals surface area contributed by atoms with E-state index in [9.17, 15) is 9.18 Å². The summed E-state index contributed by atoms with van der Waals surface area (Å²) in [6, 6.07) is 23.6. The molecule has 0 bridgehead atoms. The van der Waals surface area contributed by atoms with E-state index < -0.39 is 0 Å². The fraction of sp³-hybridized carbons (Fsp3) is 0.115. The molecule has 4 rings (SSSR count). The first-order valence-corrected chi connectivity index (χ1v) is 12.3. The van der Waals surface area contributed by atoms with Gasteiger partial charge in [-0.15, -0.1) is 0 Å². The molecular weight excluding hydrogens is 469 g/mol. The smallest absolute Gasteiger partial charge is 0.271 e. The van der Waals surface area contributed by atoms with E-state index in [-0.39, 0.29) is 11.7 Å². The lowest BCUT2D eigenvalue weighted by molar-refractivity contribution is 0.0941. The van der Waals surface area contributed by atoms with Crippen molar-refractivity contribution in [3.8, 4) is 5.75 Å². The monoisotopic (exact) mass is 491 g/mol. The minimum atomic E-state index is -0.278. The van der Waals surface area contributed by atoms with E-state index in [4.69, 9.17) is 4.74 Å². The second-order valence-electron chi connectivity index (χ2n) is 7.23. The zero-order valence-electron chi connectivity index (χ0n) is 18.4. The highest BCUT2D eigenvalue weighted by atomic mass is 32.2. The molecule has 0 saturated heterocycles. The highest BCUT2D eigenvalue weighted by Gasteiger charge is 2.17. The second kappa shape index (κ2) is 11.7. The van der Waals surface area contributed by atoms with E-state index in [1.807, 2.05) is 54.6 Å². The van der Waals surface area contributed by atoms with Gasteiger partial charge in [0.15, 0.2) is 5.16 Å². The summed E-state index contributed by atoms with van der Waals surface area (Å²) in [6.45, 7) is 0.361. The molecular formula is C26H22FN3O2S2. The van der Waals surface area contributed by atoms with Gasteiger partial charge in [0.2, 0.25) is 0 Å². The van der Waals surface area contributed by atoms with E-state index in [2.05, 4.69) is 15.3 Å². The Hall–Kier alpha value is -3.36. The highest BCUT2D eigenvalue weighted by Crippen LogP contribution is 2.31. The van der Waals surface area contributed by atoms with E-state index in [0.717, 1.165) is 21.8 Å². The lowest BCUT2D eigenvalue weighted by atomic mass is 10.2. The molecule has 0 saturated carbocycles. The molecule has 1 aromatic heterocycles. The van der Waals surface area contributed by atoms with Crippen LogP contribution in [0.2, 0.25) is 0 Å². The number of carbonyl (C=O) groups excluding carboxylic acids is 1. The maximum Gasteiger partial charge on any atom is 0.271 e. The Labute approximate surface area is 206 Å². The molecule has 1 heterocycles. The summed E-state index contributed by atoms with van der Waals surface area (Å²) < 4.78 is 18.3. The van der Waals surface area contributed by atoms with Crippen LogP contribution in [-0.4, -0.2) is 23.0 Å². The number of hydrogen-bond acceptors (Lipinski definition) is 6. The number of rotatable bonds is 9. The van der Waals surface area contributed by atoms with Crippen molar-refractivity contribution in [3.63, 3.8) is 0 Å². The average molecular weight is 492 g/mol. The summed E-state index contributed by atoms with van der Waals surface area (Å²) in [4.78, 5) is 23.8. The number of nitrogens with one attached hydrogen (secondary N) is 1. The molecule has 0 atom stereocenters. The summed E-state index contributed by atoms with van der Waals surface area (Å²) >= 11 is 2.84. The fourth-order valence-electron chi connectivity index (χ4n) is 3.01. The number of nitrogens with zero attached hydrogens (tertiary/aromatic N) is 2. The van der Waals surface area contributed by atoms with Gasteiger partial charge in [-0.2, -0.15) is 0 Å². The van der Waals surface area contributed by atoms with Crippen molar-refractivity contribution in [1.29, 1.82) is 0 Å². The molecule has 0 fully saturated rings. The summed E-state index contributed by atoms with van der Waals surface area (Å²) in [5, 5.41) is 3.43. The second-order valence-corrected chi connectivity index (χ2v) is 9.28. The topological polar surface area (TPSA) is 64.1 Å². The van der Waals surface area contributed by atoms with Crippen LogP contribution in [0, 0.1) is 5.82 Å². The van der Waals surface area contributed by atoms with Gasteiger partial charge in [-0.25, -0.2) is 14.4 Å². The Morgan fingerprint density at radius 3 is 2.38 bits per heavy atom. The number of aromatic nitrogens is 2. The number of amides is 1. The van der Waals surface area contributed by atoms with Crippen molar-refractivity contribution in [1.82, 2.24) is 15.3 Å². The number of methoxy groups -OCH3 is 1. The minimum absolute atomic E-state index is 0.275. The zero-order chi connectivity index (χ0) is 23.8. The predicted molar refractivity (Wildman–Crippen MR) is 133 cm³/mol. The largest absolute Gasteiger partial charge is 0.497 e. The quantitative estimate of drug-likeness (QED) is 0.229. The predicted octanol–water partition coefficient (Wildman–Crippen LogP) is 6.00. The molecule has 0 aliphatic rings. The first-order chi connectivity index (χ1) is 16.6. The average Bonchev–Trinajstić information content (AvgIpc) is 2.88. The Kier molecular flexibility index (Phi) is 8.17. The molecule has 34 heavy (non-hydrogen) atoms. The molecule has 8 heteroatoms. The van der Waals surface area contributed by atoms with Gasteiger partial charge in [0.05, 0.1) is 12.0 Å². The third kappa shape index (κ3) is 6.59. The zero-order valence-corrected chi connectivity index (χ0v) is 20.0. The first-order valence-electron chi connectivity index (χ1n) is 10.5. The van der Waals surface area contributed by atoms with E-state index in [1.54, 1.807) is 25.4 Å². The number of ether oxygens (including phenoxy) is 1. The number of benzene rings is 3. The van der Waals surface area contributed by atoms with Gasteiger partial charge in [0, 0.05) is 23.4 Å². The van der Waals surface area contributed by atoms with Crippen molar-refractivity contribution < 1.29 is 13.9 Å². The van der Waals surface area contributed by atoms with Crippen molar-refractivity contribution in [3.05, 3.63) is 108 Å². The molecule has 0 radical (unpaired) electrons. The summed E-state index contributed by atoms with van der Waals surface area (Å²) in [5.41, 5.74) is 2.22. The van der Waals surface area contributed by atoms with Gasteiger partial charge in [-0.3, -0.25) is 4.79 Å². The van der Waals surface area contributed by atoms with Crippen LogP contribution in [-0.2, 0) is 12.3 Å². The normalized spacial score (nSPS) is 10.6. The van der Waals surface area contributed by atoms with Crippen molar-refractivity contribution >= 4 is 29.4 Å². The van der Waals surface area contributed by atoms with Gasteiger partial charge >= 0.3 is 0 Å². The molecule has 172 valence electrons. The van der Waals surface area contributed by atoms with Crippen LogP contribution in [0.5, 0.6) is 5.75 Å². The van der Waals surface area contributed by atoms with Crippen LogP contribution in [0.4, 0.5) is 4.39 Å². The number of carbonyl (C=O) groups is 1. The molecule has 3 aromatic carbocycles. The maximum absolute atomic E-state index is 13.2. The molecule has 0 spiro atoms. The Balaban J connectivity index is 1.51. The van der Waals surface area contributed by atoms with E-state index in [1.165, 1.54) is 35.7 Å². The molecule has 1 amide bonds. The maximum atomic E-state index is 13.2. The molecule has 0 aliphatic heterocycles. The number of hydrogen-bond donors (Lipinski definition) is 1. The van der Waals surface area contributed by atoms with Crippen LogP contribution in [0.3, 0.4) is 0 Å². The van der Waals surface area contributed by atoms with Crippen molar-refractivity contribution in [2.24, 2.45) is 0 Å². The lowest BCUT2D eigenvalue weighted by Gasteiger charge is -2.11. The van der Waals surface area contributed by atoms with Gasteiger partial charge < -0.3 is 10.1 Å². The number of halogens is 1. The standard InChI is InChI=1S/C26H22FN3O2S2/c1-32-21-13-9-18(10-14-21)15-28-25(31)24-23(34-22-5-3-2-4-6-22)16-29-26(30-24)33-17-19-7-11-20(27)12-8-19/h2-14,16H,15,17H2,1H3,(H,28,31). The lowest BCUT2D eigenvalue weighted by Crippen LogP contribution is -2.25. The highest BCUT2D eigenvalue weighted by molar-refractivity contribution is 7.99. The SMILES string of the molecule is COc1ccc(CNC(=O)c2nc(SCc3ccc(F)cc3)ncc2Sc2ccccc2)cc1. The molecule has 5 nitrogen and oxygen atoms in total. The Morgan fingerprint density at radius 1 is 0.971 bits per heavy atom. The minimum Gasteiger partial charge on any atom is -0.497 e. The Morgan fingerprint density at radius 2 is 1.68 bits per heavy atom. The van der Waals surface area contributed by atoms with Crippen molar-refractivity contribution in [2.45, 2.75) is 27.2 Å². The van der Waals surface area contributed by atoms with E-state index >= 15 is 0 Å². The van der Waals surface area contributed by atoms with Gasteiger partial charge in [-0.05, 0) is 47.5 Å². The van der Waals surface area contributed by atoms with Crippen LogP contribution < -0.4 is 10.1 Å². The molecule has 1 N–H and O–H groups in total. The molecule has 0 aliphatic carbocycles. The van der Waals surface area contributed by atoms with Gasteiger partial charge in [0.1, 0.15) is 17.3 Å². The van der Waals surface area contributed by atoms with Crippen LogP contribution >= 0.6 is 23.5 Å². The van der Waals surface area contributed by atoms with Crippen molar-refractivity contribution in [2.75, 3.05) is 7.11 Å². The van der Waals surface area contributed by atoms with Crippen LogP contribution in [0.15, 0.2) is 100 Å². The Bertz CT molecular complexity index is 1240. The van der Waals surface area contributed by atoms with Crippen LogP contribution in [0.1, 0.15) is 21.6 Å². The summed E-state index contributed by atoms with van der Waals surface area (Å²) in [6.07, 6.45) is 1.68. The molecule has 0 unspecified atom stereocenters. The first kappa shape index (κ1) is 23.8. The van der Waals surface area contributed by atoms with E-state index in [0.29, 0.717) is 28.0 Å². The summed E-state index contributed by atoms with van der Waals surface area (Å²) in [7, 11) is 1.61. The summed E-state index contributed by atoms with van der Waals surface area (Å²) in [5.74, 6) is 0.775. The van der Waals surface area contributed by atoms with Crippen LogP contribution in [0.25, 0.3) is 0 Å². The molecule has 4 aromatic rings. The van der Waals surface area contributed by atoms with Gasteiger partial charge in [-0.1, -0.05) is 66.0 Å². The van der Waals surface area contributed by atoms with Gasteiger partial charge in [0.25, 0.3) is 5.91 Å². The number of thioether (sulfide) groups is 1. The fourth-order valence-corrected chi connectivity index (χ4v) is 4.67. The third-order valence-corrected chi connectivity index (χ3v) is 6.77.